The number of nitrogens with zero attached hydrogens (tertiary/aromatic N) is 3. The minimum atomic E-state index is -1.40. The summed E-state index contributed by atoms with van der Waals surface area (Å²) in [5.41, 5.74) is 5.13. The lowest BCUT2D eigenvalue weighted by Gasteiger charge is -2.43. The van der Waals surface area contributed by atoms with Crippen LogP contribution in [0.15, 0.2) is 87.8 Å². The Morgan fingerprint density at radius 3 is 2.76 bits per heavy atom. The standard InChI is InChI=1S/C27H23Cl5N5/c1-2-37-12-4-3-5-23(37)26(31)22-9-8-18(34-22)13-16-6-7-17(33-16)14-19-15-21(28)27(32,35-19)24(29)20-10-11-25(26,30)36-20/h3-11,13-15,21,24,34-35H,2,12H2,1H3. The summed E-state index contributed by atoms with van der Waals surface area (Å²) in [7, 11) is 0. The predicted octanol–water partition coefficient (Wildman–Crippen LogP) is 6.38. The van der Waals surface area contributed by atoms with Crippen molar-refractivity contribution in [2.45, 2.75) is 32.5 Å². The lowest BCUT2D eigenvalue weighted by molar-refractivity contribution is 0.332. The Morgan fingerprint density at radius 1 is 1.11 bits per heavy atom. The number of hydrogen-bond donors (Lipinski definition) is 2. The number of rotatable bonds is 2. The molecule has 1 saturated heterocycles. The third kappa shape index (κ3) is 3.97. The maximum Gasteiger partial charge on any atom is 0.182 e. The second-order valence-electron chi connectivity index (χ2n) is 9.41. The minimum absolute atomic E-state index is 0.485. The summed E-state index contributed by atoms with van der Waals surface area (Å²) >= 11 is 35.7. The average Bonchev–Trinajstić information content (AvgIpc) is 3.67. The molecule has 1 aromatic heterocycles. The van der Waals surface area contributed by atoms with E-state index < -0.39 is 25.6 Å². The van der Waals surface area contributed by atoms with Crippen molar-refractivity contribution in [2.24, 2.45) is 9.98 Å². The van der Waals surface area contributed by atoms with Crippen molar-refractivity contribution in [3.63, 3.8) is 0 Å². The van der Waals surface area contributed by atoms with Gasteiger partial charge >= 0.3 is 0 Å². The van der Waals surface area contributed by atoms with Gasteiger partial charge in [0.1, 0.15) is 5.38 Å². The maximum atomic E-state index is 7.66. The van der Waals surface area contributed by atoms with Crippen LogP contribution in [0.4, 0.5) is 0 Å². The molecule has 5 aliphatic rings. The molecular weight excluding hydrogens is 572 g/mol. The first-order chi connectivity index (χ1) is 17.7. The van der Waals surface area contributed by atoms with E-state index >= 15 is 0 Å². The molecule has 10 heteroatoms. The largest absolute Gasteiger partial charge is 0.369 e. The number of likely N-dealkylation sites (N-methyl/N-ethyl adjacent to an activating group) is 1. The SMILES string of the molecule is CCN1CC=CC=C1C1(Cl)c2ccc([nH]2)C=C2C=CC(=N2)C=C2[CH]C(Cl)C(Cl)(N2)C(Cl)C2=NC1(Cl)C=C2. The fourth-order valence-corrected chi connectivity index (χ4v) is 6.90. The van der Waals surface area contributed by atoms with Crippen LogP contribution >= 0.6 is 58.0 Å². The molecule has 8 bridgehead atoms. The van der Waals surface area contributed by atoms with Crippen LogP contribution in [-0.2, 0) is 4.87 Å². The van der Waals surface area contributed by atoms with E-state index in [1.807, 2.05) is 55.0 Å². The number of hydrogen-bond acceptors (Lipinski definition) is 4. The van der Waals surface area contributed by atoms with Gasteiger partial charge in [-0.3, -0.25) is 4.99 Å². The van der Waals surface area contributed by atoms with E-state index in [0.29, 0.717) is 18.0 Å². The van der Waals surface area contributed by atoms with Gasteiger partial charge in [-0.05, 0) is 61.6 Å². The number of allylic oxidation sites excluding steroid dienone is 7. The molecule has 0 aliphatic carbocycles. The molecule has 5 atom stereocenters. The predicted molar refractivity (Wildman–Crippen MR) is 156 cm³/mol. The number of halogens is 5. The lowest BCUT2D eigenvalue weighted by atomic mass is 9.89. The molecule has 0 saturated carbocycles. The van der Waals surface area contributed by atoms with E-state index in [1.54, 1.807) is 12.2 Å². The summed E-state index contributed by atoms with van der Waals surface area (Å²) in [5.74, 6) is 0. The highest BCUT2D eigenvalue weighted by atomic mass is 35.5. The van der Waals surface area contributed by atoms with Crippen LogP contribution in [0.5, 0.6) is 0 Å². The molecule has 1 fully saturated rings. The molecule has 191 valence electrons. The Hall–Kier alpha value is -1.89. The van der Waals surface area contributed by atoms with Crippen LogP contribution in [0.25, 0.3) is 6.08 Å². The topological polar surface area (TPSA) is 55.8 Å². The molecule has 6 rings (SSSR count). The third-order valence-electron chi connectivity index (χ3n) is 7.10. The van der Waals surface area contributed by atoms with E-state index in [9.17, 15) is 0 Å². The molecule has 5 aliphatic heterocycles. The summed E-state index contributed by atoms with van der Waals surface area (Å²) in [6.07, 6.45) is 19.2. The number of aromatic nitrogens is 1. The summed E-state index contributed by atoms with van der Waals surface area (Å²) < 4.78 is 0. The van der Waals surface area contributed by atoms with Gasteiger partial charge in [0.05, 0.1) is 22.5 Å². The quantitative estimate of drug-likeness (QED) is 0.309. The van der Waals surface area contributed by atoms with Gasteiger partial charge in [-0.15, -0.1) is 34.8 Å². The van der Waals surface area contributed by atoms with Gasteiger partial charge in [-0.1, -0.05) is 35.4 Å². The van der Waals surface area contributed by atoms with Crippen molar-refractivity contribution >= 4 is 75.5 Å². The van der Waals surface area contributed by atoms with Gasteiger partial charge < -0.3 is 15.2 Å². The van der Waals surface area contributed by atoms with Crippen molar-refractivity contribution in [1.82, 2.24) is 15.2 Å². The first-order valence-electron chi connectivity index (χ1n) is 11.9. The molecule has 6 heterocycles. The highest BCUT2D eigenvalue weighted by Gasteiger charge is 2.58. The highest BCUT2D eigenvalue weighted by molar-refractivity contribution is 6.46. The Morgan fingerprint density at radius 2 is 1.95 bits per heavy atom. The smallest absolute Gasteiger partial charge is 0.182 e. The molecular formula is C27H23Cl5N5. The first-order valence-corrected chi connectivity index (χ1v) is 14.0. The third-order valence-corrected chi connectivity index (χ3v) is 10.2. The number of aromatic amines is 1. The maximum absolute atomic E-state index is 7.66. The summed E-state index contributed by atoms with van der Waals surface area (Å²) in [5, 5.41) is 1.84. The van der Waals surface area contributed by atoms with Crippen LogP contribution in [0.1, 0.15) is 18.3 Å². The summed E-state index contributed by atoms with van der Waals surface area (Å²) in [6.45, 7) is 3.52. The summed E-state index contributed by atoms with van der Waals surface area (Å²) in [6, 6.07) is 3.90. The van der Waals surface area contributed by atoms with Crippen LogP contribution in [0.2, 0.25) is 0 Å². The van der Waals surface area contributed by atoms with E-state index in [2.05, 4.69) is 28.2 Å². The highest BCUT2D eigenvalue weighted by Crippen LogP contribution is 2.54. The van der Waals surface area contributed by atoms with Gasteiger partial charge in [-0.25, -0.2) is 4.99 Å². The Bertz CT molecular complexity index is 1400. The molecule has 0 amide bonds. The monoisotopic (exact) mass is 592 g/mol. The zero-order chi connectivity index (χ0) is 26.0. The summed E-state index contributed by atoms with van der Waals surface area (Å²) in [4.78, 5) is 11.3. The van der Waals surface area contributed by atoms with Crippen LogP contribution in [-0.4, -0.2) is 55.1 Å². The molecule has 5 unspecified atom stereocenters. The average molecular weight is 595 g/mol. The van der Waals surface area contributed by atoms with Crippen molar-refractivity contribution in [3.05, 3.63) is 95.6 Å². The molecule has 37 heavy (non-hydrogen) atoms. The molecule has 1 aromatic rings. The van der Waals surface area contributed by atoms with Crippen LogP contribution < -0.4 is 5.32 Å². The van der Waals surface area contributed by atoms with Crippen LogP contribution in [0.3, 0.4) is 0 Å². The van der Waals surface area contributed by atoms with Gasteiger partial charge in [0, 0.05) is 42.3 Å². The Balaban J connectivity index is 1.57. The molecule has 5 nitrogen and oxygen atoms in total. The van der Waals surface area contributed by atoms with Crippen molar-refractivity contribution < 1.29 is 0 Å². The molecule has 1 radical (unpaired) electrons. The Kier molecular flexibility index (Phi) is 6.24. The van der Waals surface area contributed by atoms with Gasteiger partial charge in [0.2, 0.25) is 0 Å². The number of aliphatic imine (C=N–C) groups is 2. The van der Waals surface area contributed by atoms with Gasteiger partial charge in [0.15, 0.2) is 14.9 Å². The first kappa shape index (κ1) is 25.4. The number of H-pyrrole nitrogens is 1. The van der Waals surface area contributed by atoms with Crippen LogP contribution in [0, 0.1) is 6.42 Å². The van der Waals surface area contributed by atoms with Crippen molar-refractivity contribution in [1.29, 1.82) is 0 Å². The van der Waals surface area contributed by atoms with Crippen molar-refractivity contribution in [2.75, 3.05) is 13.1 Å². The van der Waals surface area contributed by atoms with Gasteiger partial charge in [0.25, 0.3) is 0 Å². The van der Waals surface area contributed by atoms with E-state index in [4.69, 9.17) is 68.0 Å². The molecule has 2 N–H and O–H groups in total. The second kappa shape index (κ2) is 9.10. The zero-order valence-electron chi connectivity index (χ0n) is 19.7. The number of fused-ring (bicyclic) bond motifs is 6. The fraction of sp³-hybridized carbons (Fsp3) is 0.296. The van der Waals surface area contributed by atoms with E-state index in [-0.39, 0.29) is 0 Å². The molecule has 0 aromatic carbocycles. The number of alkyl halides is 5. The fourth-order valence-electron chi connectivity index (χ4n) is 5.17. The lowest BCUT2D eigenvalue weighted by Crippen LogP contribution is -2.51. The van der Waals surface area contributed by atoms with Crippen molar-refractivity contribution in [3.8, 4) is 0 Å². The number of nitrogens with one attached hydrogen (secondary N) is 2. The zero-order valence-corrected chi connectivity index (χ0v) is 23.5. The normalized spacial score (nSPS) is 36.2. The second-order valence-corrected chi connectivity index (χ2v) is 12.1. The van der Waals surface area contributed by atoms with E-state index in [1.165, 1.54) is 0 Å². The minimum Gasteiger partial charge on any atom is -0.369 e. The molecule has 0 spiro atoms. The van der Waals surface area contributed by atoms with E-state index in [0.717, 1.165) is 35.0 Å². The van der Waals surface area contributed by atoms with Gasteiger partial charge in [-0.2, -0.15) is 0 Å². The Labute approximate surface area is 240 Å².